The van der Waals surface area contributed by atoms with E-state index in [-0.39, 0.29) is 0 Å². The standard InChI is InChI=1S/C15H23I/c1-8-4-11(7-16)13-6-12-9-2-3-10(5-9)15(12)14(8)13/h8-15H,2-7H2,1H3/t8-,9?,10?,11-,12?,13?,14?,15?/m0/s1. The molecule has 0 nitrogen and oxygen atoms in total. The van der Waals surface area contributed by atoms with E-state index in [9.17, 15) is 0 Å². The monoisotopic (exact) mass is 330 g/mol. The zero-order chi connectivity index (χ0) is 10.9. The van der Waals surface area contributed by atoms with E-state index in [1.807, 2.05) is 0 Å². The molecule has 90 valence electrons. The topological polar surface area (TPSA) is 0 Å². The molecule has 4 fully saturated rings. The molecule has 0 N–H and O–H groups in total. The van der Waals surface area contributed by atoms with Crippen molar-refractivity contribution in [3.8, 4) is 0 Å². The average Bonchev–Trinajstić information content (AvgIpc) is 2.95. The Labute approximate surface area is 113 Å². The molecule has 0 aromatic carbocycles. The molecule has 0 radical (unpaired) electrons. The van der Waals surface area contributed by atoms with Crippen LogP contribution in [0.4, 0.5) is 0 Å². The van der Waals surface area contributed by atoms with Crippen LogP contribution in [-0.4, -0.2) is 4.43 Å². The van der Waals surface area contributed by atoms with Gasteiger partial charge >= 0.3 is 0 Å². The number of hydrogen-bond donors (Lipinski definition) is 0. The van der Waals surface area contributed by atoms with Gasteiger partial charge in [0.25, 0.3) is 0 Å². The van der Waals surface area contributed by atoms with Gasteiger partial charge in [-0.15, -0.1) is 0 Å². The predicted octanol–water partition coefficient (Wildman–Crippen LogP) is 4.38. The number of alkyl halides is 1. The Kier molecular flexibility index (Phi) is 2.40. The molecule has 0 saturated heterocycles. The Bertz CT molecular complexity index is 300. The Morgan fingerprint density at radius 1 is 0.938 bits per heavy atom. The molecule has 6 unspecified atom stereocenters. The second-order valence-corrected chi connectivity index (χ2v) is 8.06. The molecule has 0 heterocycles. The van der Waals surface area contributed by atoms with E-state index in [1.165, 1.54) is 28.1 Å². The summed E-state index contributed by atoms with van der Waals surface area (Å²) in [7, 11) is 0. The quantitative estimate of drug-likeness (QED) is 0.495. The Morgan fingerprint density at radius 2 is 1.75 bits per heavy atom. The minimum Gasteiger partial charge on any atom is -0.0861 e. The molecule has 4 aliphatic carbocycles. The van der Waals surface area contributed by atoms with Crippen molar-refractivity contribution in [2.75, 3.05) is 4.43 Å². The largest absolute Gasteiger partial charge is 0.0861 e. The van der Waals surface area contributed by atoms with Crippen molar-refractivity contribution < 1.29 is 0 Å². The van der Waals surface area contributed by atoms with Crippen LogP contribution in [0.3, 0.4) is 0 Å². The van der Waals surface area contributed by atoms with Gasteiger partial charge in [0, 0.05) is 4.43 Å². The van der Waals surface area contributed by atoms with E-state index >= 15 is 0 Å². The molecule has 4 saturated carbocycles. The maximum Gasteiger partial charge on any atom is 0.00265 e. The summed E-state index contributed by atoms with van der Waals surface area (Å²) >= 11 is 2.65. The third-order valence-electron chi connectivity index (χ3n) is 6.78. The fraction of sp³-hybridized carbons (Fsp3) is 1.00. The molecule has 0 spiro atoms. The van der Waals surface area contributed by atoms with E-state index in [1.54, 1.807) is 32.1 Å². The van der Waals surface area contributed by atoms with Crippen molar-refractivity contribution in [2.45, 2.75) is 39.0 Å². The summed E-state index contributed by atoms with van der Waals surface area (Å²) < 4.78 is 1.43. The van der Waals surface area contributed by atoms with Crippen molar-refractivity contribution in [2.24, 2.45) is 47.3 Å². The lowest BCUT2D eigenvalue weighted by Crippen LogP contribution is -2.25. The van der Waals surface area contributed by atoms with E-state index in [0.29, 0.717) is 0 Å². The summed E-state index contributed by atoms with van der Waals surface area (Å²) in [5.41, 5.74) is 0. The van der Waals surface area contributed by atoms with Gasteiger partial charge in [-0.1, -0.05) is 29.5 Å². The van der Waals surface area contributed by atoms with Gasteiger partial charge in [-0.2, -0.15) is 0 Å². The van der Waals surface area contributed by atoms with Crippen LogP contribution < -0.4 is 0 Å². The van der Waals surface area contributed by atoms with Gasteiger partial charge < -0.3 is 0 Å². The first kappa shape index (κ1) is 10.6. The highest BCUT2D eigenvalue weighted by molar-refractivity contribution is 14.1. The van der Waals surface area contributed by atoms with Crippen molar-refractivity contribution in [1.82, 2.24) is 0 Å². The SMILES string of the molecule is C[C@H]1C[C@@H](CI)C2CC3C4CCC(C4)C3C21. The summed E-state index contributed by atoms with van der Waals surface area (Å²) in [5, 5.41) is 0. The van der Waals surface area contributed by atoms with Crippen molar-refractivity contribution in [1.29, 1.82) is 0 Å². The molecule has 16 heavy (non-hydrogen) atoms. The predicted molar refractivity (Wildman–Crippen MR) is 75.6 cm³/mol. The fourth-order valence-corrected chi connectivity index (χ4v) is 7.47. The Morgan fingerprint density at radius 3 is 2.56 bits per heavy atom. The van der Waals surface area contributed by atoms with Crippen LogP contribution in [-0.2, 0) is 0 Å². The van der Waals surface area contributed by atoms with E-state index in [4.69, 9.17) is 0 Å². The molecular weight excluding hydrogens is 307 g/mol. The fourth-order valence-electron chi connectivity index (χ4n) is 6.46. The van der Waals surface area contributed by atoms with Gasteiger partial charge in [-0.3, -0.25) is 0 Å². The van der Waals surface area contributed by atoms with Gasteiger partial charge in [-0.05, 0) is 79.4 Å². The second-order valence-electron chi connectivity index (χ2n) is 7.18. The van der Waals surface area contributed by atoms with Gasteiger partial charge in [-0.25, -0.2) is 0 Å². The molecule has 4 aliphatic rings. The molecule has 2 bridgehead atoms. The van der Waals surface area contributed by atoms with Gasteiger partial charge in [0.05, 0.1) is 0 Å². The van der Waals surface area contributed by atoms with Crippen molar-refractivity contribution in [3.63, 3.8) is 0 Å². The molecule has 0 aliphatic heterocycles. The molecule has 0 aromatic heterocycles. The first-order chi connectivity index (χ1) is 7.79. The van der Waals surface area contributed by atoms with Crippen LogP contribution in [0.1, 0.15) is 39.0 Å². The van der Waals surface area contributed by atoms with E-state index in [0.717, 1.165) is 23.7 Å². The zero-order valence-electron chi connectivity index (χ0n) is 10.2. The maximum absolute atomic E-state index is 2.65. The van der Waals surface area contributed by atoms with Crippen LogP contribution in [0, 0.1) is 47.3 Å². The Balaban J connectivity index is 1.66. The minimum atomic E-state index is 1.05. The summed E-state index contributed by atoms with van der Waals surface area (Å²) in [5.74, 6) is 9.15. The van der Waals surface area contributed by atoms with Crippen molar-refractivity contribution in [3.05, 3.63) is 0 Å². The lowest BCUT2D eigenvalue weighted by molar-refractivity contribution is 0.176. The van der Waals surface area contributed by atoms with Crippen LogP contribution in [0.2, 0.25) is 0 Å². The van der Waals surface area contributed by atoms with Gasteiger partial charge in [0.1, 0.15) is 0 Å². The molecule has 4 rings (SSSR count). The van der Waals surface area contributed by atoms with Crippen LogP contribution in [0.25, 0.3) is 0 Å². The molecule has 0 aromatic rings. The van der Waals surface area contributed by atoms with E-state index < -0.39 is 0 Å². The first-order valence-corrected chi connectivity index (χ1v) is 8.88. The number of halogens is 1. The van der Waals surface area contributed by atoms with Crippen molar-refractivity contribution >= 4 is 22.6 Å². The normalized spacial score (nSPS) is 62.6. The zero-order valence-corrected chi connectivity index (χ0v) is 12.4. The summed E-state index contributed by atoms with van der Waals surface area (Å²) in [6.07, 6.45) is 8.00. The minimum absolute atomic E-state index is 1.05. The number of rotatable bonds is 1. The molecule has 0 amide bonds. The van der Waals surface area contributed by atoms with Crippen LogP contribution >= 0.6 is 22.6 Å². The van der Waals surface area contributed by atoms with Gasteiger partial charge in [0.15, 0.2) is 0 Å². The third kappa shape index (κ3) is 1.22. The summed E-state index contributed by atoms with van der Waals surface area (Å²) in [4.78, 5) is 0. The third-order valence-corrected chi connectivity index (χ3v) is 7.91. The summed E-state index contributed by atoms with van der Waals surface area (Å²) in [6.45, 7) is 2.57. The molecular formula is C15H23I. The molecule has 8 atom stereocenters. The average molecular weight is 330 g/mol. The van der Waals surface area contributed by atoms with E-state index in [2.05, 4.69) is 29.5 Å². The highest BCUT2D eigenvalue weighted by atomic mass is 127. The lowest BCUT2D eigenvalue weighted by Gasteiger charge is -2.30. The molecule has 1 heteroatoms. The summed E-state index contributed by atoms with van der Waals surface area (Å²) in [6, 6.07) is 0. The second kappa shape index (κ2) is 3.61. The highest BCUT2D eigenvalue weighted by Crippen LogP contribution is 2.67. The number of hydrogen-bond acceptors (Lipinski definition) is 0. The smallest absolute Gasteiger partial charge is 0.00265 e. The Hall–Kier alpha value is 0.730. The number of fused-ring (bicyclic) bond motifs is 7. The maximum atomic E-state index is 2.65. The van der Waals surface area contributed by atoms with Gasteiger partial charge in [0.2, 0.25) is 0 Å². The highest BCUT2D eigenvalue weighted by Gasteiger charge is 2.60. The lowest BCUT2D eigenvalue weighted by atomic mass is 9.74. The van der Waals surface area contributed by atoms with Crippen LogP contribution in [0.15, 0.2) is 0 Å². The van der Waals surface area contributed by atoms with Crippen LogP contribution in [0.5, 0.6) is 0 Å². The first-order valence-electron chi connectivity index (χ1n) is 7.35.